The predicted molar refractivity (Wildman–Crippen MR) is 93.0 cm³/mol. The van der Waals surface area contributed by atoms with Crippen LogP contribution in [0.3, 0.4) is 0 Å². The molecule has 112 valence electrons. The Morgan fingerprint density at radius 3 is 2.71 bits per heavy atom. The number of thiophene rings is 1. The molecule has 2 heteroatoms. The Labute approximate surface area is 132 Å². The molecule has 0 radical (unpaired) electrons. The maximum absolute atomic E-state index is 3.75. The lowest BCUT2D eigenvalue weighted by Crippen LogP contribution is -2.22. The highest BCUT2D eigenvalue weighted by Gasteiger charge is 2.32. The molecular weight excluding hydrogens is 274 g/mol. The molecule has 0 saturated heterocycles. The van der Waals surface area contributed by atoms with E-state index in [1.807, 2.05) is 11.3 Å². The van der Waals surface area contributed by atoms with E-state index in [9.17, 15) is 0 Å². The van der Waals surface area contributed by atoms with Crippen molar-refractivity contribution in [1.82, 2.24) is 5.32 Å². The molecular formula is C19H25NS. The van der Waals surface area contributed by atoms with Crippen LogP contribution in [0.4, 0.5) is 0 Å². The fraction of sp³-hybridized carbons (Fsp3) is 0.474. The number of rotatable bonds is 6. The van der Waals surface area contributed by atoms with Crippen LogP contribution in [0.25, 0.3) is 10.4 Å². The quantitative estimate of drug-likeness (QED) is 0.744. The van der Waals surface area contributed by atoms with Crippen molar-refractivity contribution in [1.29, 1.82) is 0 Å². The molecule has 0 spiro atoms. The lowest BCUT2D eigenvalue weighted by molar-refractivity contribution is 0.488. The van der Waals surface area contributed by atoms with E-state index in [1.54, 1.807) is 0 Å². The Balaban J connectivity index is 1.86. The minimum Gasteiger partial charge on any atom is -0.309 e. The number of nitrogens with one attached hydrogen (secondary N) is 1. The first-order chi connectivity index (χ1) is 10.2. The van der Waals surface area contributed by atoms with Gasteiger partial charge in [-0.3, -0.25) is 0 Å². The largest absolute Gasteiger partial charge is 0.309 e. The summed E-state index contributed by atoms with van der Waals surface area (Å²) < 4.78 is 0. The average molecular weight is 299 g/mol. The van der Waals surface area contributed by atoms with Crippen molar-refractivity contribution in [2.45, 2.75) is 46.1 Å². The van der Waals surface area contributed by atoms with Crippen LogP contribution >= 0.6 is 11.3 Å². The van der Waals surface area contributed by atoms with Crippen LogP contribution in [0, 0.1) is 19.8 Å². The van der Waals surface area contributed by atoms with Gasteiger partial charge in [0, 0.05) is 15.8 Å². The van der Waals surface area contributed by atoms with Gasteiger partial charge in [-0.2, -0.15) is 0 Å². The van der Waals surface area contributed by atoms with Gasteiger partial charge in [0.2, 0.25) is 0 Å². The van der Waals surface area contributed by atoms with Gasteiger partial charge in [-0.1, -0.05) is 25.1 Å². The number of benzene rings is 1. The highest BCUT2D eigenvalue weighted by Crippen LogP contribution is 2.44. The molecule has 1 atom stereocenters. The van der Waals surface area contributed by atoms with Crippen LogP contribution in [0.5, 0.6) is 0 Å². The Morgan fingerprint density at radius 2 is 2.00 bits per heavy atom. The highest BCUT2D eigenvalue weighted by molar-refractivity contribution is 7.15. The number of hydrogen-bond donors (Lipinski definition) is 1. The van der Waals surface area contributed by atoms with Crippen molar-refractivity contribution in [3.63, 3.8) is 0 Å². The average Bonchev–Trinajstić information content (AvgIpc) is 3.20. The fourth-order valence-corrected chi connectivity index (χ4v) is 4.17. The molecule has 1 aromatic heterocycles. The maximum Gasteiger partial charge on any atom is 0.0443 e. The van der Waals surface area contributed by atoms with Crippen molar-refractivity contribution in [3.05, 3.63) is 46.3 Å². The van der Waals surface area contributed by atoms with Crippen molar-refractivity contribution >= 4 is 11.3 Å². The minimum absolute atomic E-state index is 0.578. The van der Waals surface area contributed by atoms with E-state index < -0.39 is 0 Å². The predicted octanol–water partition coefficient (Wildman–Crippen LogP) is 5.48. The standard InChI is InChI=1S/C19H25NS/c1-4-12-20-19(15-8-9-15)18-11-10-17(21-18)16-7-5-6-13(2)14(16)3/h5-7,10-11,15,19-20H,4,8-9,12H2,1-3H3. The fourth-order valence-electron chi connectivity index (χ4n) is 2.91. The molecule has 21 heavy (non-hydrogen) atoms. The van der Waals surface area contributed by atoms with Crippen molar-refractivity contribution < 1.29 is 0 Å². The third kappa shape index (κ3) is 3.22. The molecule has 1 aliphatic rings. The third-order valence-corrected chi connectivity index (χ3v) is 5.71. The van der Waals surface area contributed by atoms with Crippen LogP contribution in [-0.4, -0.2) is 6.54 Å². The molecule has 1 N–H and O–H groups in total. The molecule has 1 unspecified atom stereocenters. The zero-order chi connectivity index (χ0) is 14.8. The van der Waals surface area contributed by atoms with Crippen molar-refractivity contribution in [2.75, 3.05) is 6.54 Å². The smallest absolute Gasteiger partial charge is 0.0443 e. The normalized spacial score (nSPS) is 16.1. The molecule has 0 aliphatic heterocycles. The van der Waals surface area contributed by atoms with E-state index in [0.29, 0.717) is 6.04 Å². The molecule has 1 aliphatic carbocycles. The van der Waals surface area contributed by atoms with E-state index in [4.69, 9.17) is 0 Å². The van der Waals surface area contributed by atoms with Crippen LogP contribution in [0.2, 0.25) is 0 Å². The molecule has 0 amide bonds. The van der Waals surface area contributed by atoms with E-state index in [0.717, 1.165) is 12.5 Å². The van der Waals surface area contributed by atoms with Gasteiger partial charge in [-0.25, -0.2) is 0 Å². The Hall–Kier alpha value is -1.12. The van der Waals surface area contributed by atoms with Gasteiger partial charge in [0.1, 0.15) is 0 Å². The van der Waals surface area contributed by atoms with Crippen LogP contribution in [-0.2, 0) is 0 Å². The molecule has 1 heterocycles. The summed E-state index contributed by atoms with van der Waals surface area (Å²) in [7, 11) is 0. The second-order valence-electron chi connectivity index (χ2n) is 6.22. The van der Waals surface area contributed by atoms with Crippen LogP contribution < -0.4 is 5.32 Å². The summed E-state index contributed by atoms with van der Waals surface area (Å²) in [6.07, 6.45) is 3.98. The van der Waals surface area contributed by atoms with E-state index in [2.05, 4.69) is 56.4 Å². The second kappa shape index (κ2) is 6.33. The van der Waals surface area contributed by atoms with Gasteiger partial charge in [0.15, 0.2) is 0 Å². The molecule has 1 saturated carbocycles. The zero-order valence-electron chi connectivity index (χ0n) is 13.3. The summed E-state index contributed by atoms with van der Waals surface area (Å²) in [6, 6.07) is 11.9. The van der Waals surface area contributed by atoms with Gasteiger partial charge >= 0.3 is 0 Å². The lowest BCUT2D eigenvalue weighted by Gasteiger charge is -2.16. The SMILES string of the molecule is CCCNC(c1ccc(-c2cccc(C)c2C)s1)C1CC1. The molecule has 2 aromatic rings. The summed E-state index contributed by atoms with van der Waals surface area (Å²) in [5, 5.41) is 3.75. The first-order valence-corrected chi connectivity index (χ1v) is 8.92. The Kier molecular flexibility index (Phi) is 4.46. The van der Waals surface area contributed by atoms with Gasteiger partial charge in [0.25, 0.3) is 0 Å². The summed E-state index contributed by atoms with van der Waals surface area (Å²) in [6.45, 7) is 7.80. The minimum atomic E-state index is 0.578. The van der Waals surface area contributed by atoms with Gasteiger partial charge in [0.05, 0.1) is 0 Å². The van der Waals surface area contributed by atoms with E-state index in [1.165, 1.54) is 45.7 Å². The monoisotopic (exact) mass is 299 g/mol. The summed E-state index contributed by atoms with van der Waals surface area (Å²) in [5.74, 6) is 0.863. The molecule has 1 fully saturated rings. The first kappa shape index (κ1) is 14.8. The molecule has 0 bridgehead atoms. The zero-order valence-corrected chi connectivity index (χ0v) is 14.1. The van der Waals surface area contributed by atoms with Crippen molar-refractivity contribution in [3.8, 4) is 10.4 Å². The van der Waals surface area contributed by atoms with E-state index in [-0.39, 0.29) is 0 Å². The second-order valence-corrected chi connectivity index (χ2v) is 7.33. The summed E-state index contributed by atoms with van der Waals surface area (Å²) in [5.41, 5.74) is 4.19. The summed E-state index contributed by atoms with van der Waals surface area (Å²) in [4.78, 5) is 2.93. The topological polar surface area (TPSA) is 12.0 Å². The van der Waals surface area contributed by atoms with Crippen LogP contribution in [0.1, 0.15) is 48.2 Å². The third-order valence-electron chi connectivity index (χ3n) is 4.51. The van der Waals surface area contributed by atoms with Gasteiger partial charge in [-0.15, -0.1) is 11.3 Å². The Morgan fingerprint density at radius 1 is 1.19 bits per heavy atom. The van der Waals surface area contributed by atoms with Crippen molar-refractivity contribution in [2.24, 2.45) is 5.92 Å². The summed E-state index contributed by atoms with van der Waals surface area (Å²) >= 11 is 1.97. The number of aryl methyl sites for hydroxylation is 1. The lowest BCUT2D eigenvalue weighted by atomic mass is 10.0. The first-order valence-electron chi connectivity index (χ1n) is 8.10. The van der Waals surface area contributed by atoms with Gasteiger partial charge < -0.3 is 5.32 Å². The maximum atomic E-state index is 3.75. The molecule has 3 rings (SSSR count). The highest BCUT2D eigenvalue weighted by atomic mass is 32.1. The molecule has 1 nitrogen and oxygen atoms in total. The molecule has 1 aromatic carbocycles. The van der Waals surface area contributed by atoms with Gasteiger partial charge in [-0.05, 0) is 74.4 Å². The van der Waals surface area contributed by atoms with E-state index >= 15 is 0 Å². The Bertz CT molecular complexity index is 610. The van der Waals surface area contributed by atoms with Crippen LogP contribution in [0.15, 0.2) is 30.3 Å². The number of hydrogen-bond acceptors (Lipinski definition) is 2.